The Kier molecular flexibility index (Phi) is 12.3. The van der Waals surface area contributed by atoms with Crippen molar-refractivity contribution in [3.8, 4) is 5.75 Å². The maximum atomic E-state index is 10.3. The number of nitrogens with zero attached hydrogens (tertiary/aromatic N) is 1. The van der Waals surface area contributed by atoms with E-state index in [1.54, 1.807) is 19.1 Å². The summed E-state index contributed by atoms with van der Waals surface area (Å²) < 4.78 is 13.2. The van der Waals surface area contributed by atoms with E-state index in [4.69, 9.17) is 29.5 Å². The number of rotatable bonds is 4. The van der Waals surface area contributed by atoms with Crippen molar-refractivity contribution in [2.75, 3.05) is 26.6 Å². The van der Waals surface area contributed by atoms with E-state index in [2.05, 4.69) is 15.9 Å². The van der Waals surface area contributed by atoms with Gasteiger partial charge in [-0.3, -0.25) is 10.1 Å². The second-order valence-corrected chi connectivity index (χ2v) is 6.53. The molecule has 1 aliphatic rings. The zero-order valence-corrected chi connectivity index (χ0v) is 15.7. The molecule has 10 heteroatoms. The molecule has 2 atom stereocenters. The van der Waals surface area contributed by atoms with E-state index >= 15 is 0 Å². The van der Waals surface area contributed by atoms with Crippen LogP contribution in [-0.4, -0.2) is 63.7 Å². The predicted octanol–water partition coefficient (Wildman–Crippen LogP) is 1.12. The first-order valence-corrected chi connectivity index (χ1v) is 8.18. The molecule has 0 aliphatic carbocycles. The van der Waals surface area contributed by atoms with E-state index in [0.29, 0.717) is 5.75 Å². The van der Waals surface area contributed by atoms with Crippen LogP contribution >= 0.6 is 15.9 Å². The molecule has 1 aromatic carbocycles. The van der Waals surface area contributed by atoms with Gasteiger partial charge < -0.3 is 29.5 Å². The lowest BCUT2D eigenvalue weighted by Crippen LogP contribution is -2.45. The lowest BCUT2D eigenvalue weighted by atomic mass is 10.3. The second-order valence-electron chi connectivity index (χ2n) is 5.05. The lowest BCUT2D eigenvalue weighted by molar-refractivity contribution is -0.552. The normalized spacial score (nSPS) is 17.7. The zero-order valence-electron chi connectivity index (χ0n) is 14.1. The van der Waals surface area contributed by atoms with Crippen LogP contribution in [0.3, 0.4) is 0 Å². The second kappa shape index (κ2) is 13.0. The minimum absolute atomic E-state index is 0.0556. The van der Waals surface area contributed by atoms with E-state index in [9.17, 15) is 10.1 Å². The monoisotopic (exact) mass is 425 g/mol. The van der Waals surface area contributed by atoms with E-state index in [1.807, 2.05) is 18.2 Å². The van der Waals surface area contributed by atoms with E-state index < -0.39 is 21.8 Å². The van der Waals surface area contributed by atoms with Gasteiger partial charge in [-0.25, -0.2) is 0 Å². The first-order valence-electron chi connectivity index (χ1n) is 7.39. The molecule has 9 nitrogen and oxygen atoms in total. The number of benzene rings is 1. The van der Waals surface area contributed by atoms with Crippen LogP contribution in [0.2, 0.25) is 0 Å². The highest BCUT2D eigenvalue weighted by Crippen LogP contribution is 2.22. The number of para-hydroxylation sites is 1. The quantitative estimate of drug-likeness (QED) is 0.215. The molecule has 1 aromatic rings. The predicted molar refractivity (Wildman–Crippen MR) is 92.9 cm³/mol. The molecular weight excluding hydrogens is 402 g/mol. The molecule has 0 spiro atoms. The molecule has 1 saturated heterocycles. The van der Waals surface area contributed by atoms with E-state index in [-0.39, 0.29) is 26.6 Å². The molecular formula is C15H24BrNO8. The Labute approximate surface area is 154 Å². The molecule has 2 rings (SSSR count). The Morgan fingerprint density at radius 2 is 1.76 bits per heavy atom. The standard InChI is InChI=1S/C8H10O2.C4H6BrNO4.C3H8O2/c1-7(9)10-8-5-3-2-4-6-8;5-4(6(7)8)1-9-3-10-2-4;1-3(5)2-4/h2-7,9H,1H3;1-3H2;3-5H,2H2,1H3. The smallest absolute Gasteiger partial charge is 0.320 e. The third-order valence-electron chi connectivity index (χ3n) is 2.45. The first-order chi connectivity index (χ1) is 11.7. The molecule has 1 heterocycles. The Morgan fingerprint density at radius 3 is 2.08 bits per heavy atom. The minimum Gasteiger partial charge on any atom is -0.465 e. The van der Waals surface area contributed by atoms with Gasteiger partial charge in [0.2, 0.25) is 0 Å². The number of hydrogen-bond acceptors (Lipinski definition) is 8. The molecule has 0 saturated carbocycles. The number of hydrogen-bond donors (Lipinski definition) is 3. The molecule has 3 N–H and O–H groups in total. The van der Waals surface area contributed by atoms with Crippen LogP contribution in [0.1, 0.15) is 13.8 Å². The zero-order chi connectivity index (χ0) is 19.3. The Balaban J connectivity index is 0.000000368. The summed E-state index contributed by atoms with van der Waals surface area (Å²) in [6, 6.07) is 9.21. The van der Waals surface area contributed by atoms with Crippen LogP contribution in [0.4, 0.5) is 0 Å². The molecule has 0 radical (unpaired) electrons. The van der Waals surface area contributed by atoms with Crippen molar-refractivity contribution in [1.82, 2.24) is 0 Å². The maximum absolute atomic E-state index is 10.3. The summed E-state index contributed by atoms with van der Waals surface area (Å²) >= 11 is 2.91. The van der Waals surface area contributed by atoms with Crippen molar-refractivity contribution in [3.05, 3.63) is 40.4 Å². The molecule has 0 aromatic heterocycles. The van der Waals surface area contributed by atoms with Crippen LogP contribution < -0.4 is 4.74 Å². The average Bonchev–Trinajstić information content (AvgIpc) is 2.57. The van der Waals surface area contributed by atoms with Crippen molar-refractivity contribution < 1.29 is 34.5 Å². The fourth-order valence-corrected chi connectivity index (χ4v) is 1.62. The van der Waals surface area contributed by atoms with Crippen molar-refractivity contribution in [3.63, 3.8) is 0 Å². The van der Waals surface area contributed by atoms with Crippen LogP contribution in [-0.2, 0) is 9.47 Å². The number of aliphatic hydroxyl groups excluding tert-OH is 3. The van der Waals surface area contributed by atoms with Gasteiger partial charge in [0.15, 0.2) is 6.29 Å². The summed E-state index contributed by atoms with van der Waals surface area (Å²) in [5.74, 6) is 0.692. The number of halogens is 1. The lowest BCUT2D eigenvalue weighted by Gasteiger charge is -2.23. The molecule has 1 aliphatic heterocycles. The number of aliphatic hydroxyl groups is 3. The number of ether oxygens (including phenoxy) is 3. The van der Waals surface area contributed by atoms with Gasteiger partial charge in [0.1, 0.15) is 25.8 Å². The number of nitro groups is 1. The highest BCUT2D eigenvalue weighted by atomic mass is 79.9. The summed E-state index contributed by atoms with van der Waals surface area (Å²) in [6.45, 7) is 3.22. The molecule has 25 heavy (non-hydrogen) atoms. The largest absolute Gasteiger partial charge is 0.465 e. The Hall–Kier alpha value is -1.30. The summed E-state index contributed by atoms with van der Waals surface area (Å²) in [5.41, 5.74) is 0. The Bertz CT molecular complexity index is 466. The highest BCUT2D eigenvalue weighted by molar-refractivity contribution is 9.10. The van der Waals surface area contributed by atoms with E-state index in [0.717, 1.165) is 0 Å². The molecule has 144 valence electrons. The third-order valence-corrected chi connectivity index (χ3v) is 3.20. The summed E-state index contributed by atoms with van der Waals surface area (Å²) in [7, 11) is 0. The van der Waals surface area contributed by atoms with Gasteiger partial charge in [0.05, 0.1) is 12.7 Å². The fourth-order valence-electron chi connectivity index (χ4n) is 1.30. The van der Waals surface area contributed by atoms with Gasteiger partial charge in [-0.2, -0.15) is 0 Å². The van der Waals surface area contributed by atoms with Crippen molar-refractivity contribution in [2.24, 2.45) is 0 Å². The average molecular weight is 426 g/mol. The van der Waals surface area contributed by atoms with Gasteiger partial charge in [-0.1, -0.05) is 18.2 Å². The van der Waals surface area contributed by atoms with Gasteiger partial charge in [0.25, 0.3) is 0 Å². The maximum Gasteiger partial charge on any atom is 0.320 e. The van der Waals surface area contributed by atoms with Gasteiger partial charge in [-0.05, 0) is 26.0 Å². The SMILES string of the molecule is CC(O)CO.CC(O)Oc1ccccc1.O=[N+]([O-])C1(Br)COCOC1. The first kappa shape index (κ1) is 23.7. The van der Waals surface area contributed by atoms with E-state index in [1.165, 1.54) is 6.92 Å². The molecule has 0 amide bonds. The van der Waals surface area contributed by atoms with Crippen LogP contribution in [0.15, 0.2) is 30.3 Å². The molecule has 1 fully saturated rings. The van der Waals surface area contributed by atoms with Crippen molar-refractivity contribution >= 4 is 15.9 Å². The van der Waals surface area contributed by atoms with Gasteiger partial charge in [0, 0.05) is 20.9 Å². The topological polar surface area (TPSA) is 132 Å². The molecule has 2 unspecified atom stereocenters. The van der Waals surface area contributed by atoms with Gasteiger partial charge in [-0.15, -0.1) is 0 Å². The minimum atomic E-state index is -1.23. The van der Waals surface area contributed by atoms with Gasteiger partial charge >= 0.3 is 4.45 Å². The number of alkyl halides is 1. The summed E-state index contributed by atoms with van der Waals surface area (Å²) in [6.07, 6.45) is -1.29. The summed E-state index contributed by atoms with van der Waals surface area (Å²) in [5, 5.41) is 35.1. The third kappa shape index (κ3) is 11.8. The fraction of sp³-hybridized carbons (Fsp3) is 0.600. The van der Waals surface area contributed by atoms with Crippen LogP contribution in [0, 0.1) is 10.1 Å². The molecule has 0 bridgehead atoms. The van der Waals surface area contributed by atoms with Crippen LogP contribution in [0.25, 0.3) is 0 Å². The van der Waals surface area contributed by atoms with Crippen molar-refractivity contribution in [2.45, 2.75) is 30.7 Å². The Morgan fingerprint density at radius 1 is 1.28 bits per heavy atom. The van der Waals surface area contributed by atoms with Crippen LogP contribution in [0.5, 0.6) is 5.75 Å². The summed E-state index contributed by atoms with van der Waals surface area (Å²) in [4.78, 5) is 9.82. The van der Waals surface area contributed by atoms with Crippen molar-refractivity contribution in [1.29, 1.82) is 0 Å². The highest BCUT2D eigenvalue weighted by Gasteiger charge is 2.43.